The molecule has 2 aromatic carbocycles. The molecule has 5 N–H and O–H groups in total. The van der Waals surface area contributed by atoms with Gasteiger partial charge < -0.3 is 15.8 Å². The van der Waals surface area contributed by atoms with E-state index in [0.29, 0.717) is 11.4 Å². The first-order valence-corrected chi connectivity index (χ1v) is 12.0. The van der Waals surface area contributed by atoms with E-state index in [1.807, 2.05) is 0 Å². The minimum atomic E-state index is -4.84. The van der Waals surface area contributed by atoms with E-state index in [1.165, 1.54) is 55.0 Å². The summed E-state index contributed by atoms with van der Waals surface area (Å²) in [6, 6.07) is 10.5. The summed E-state index contributed by atoms with van der Waals surface area (Å²) in [5.41, 5.74) is 6.79. The Bertz CT molecular complexity index is 1490. The predicted octanol–water partition coefficient (Wildman–Crippen LogP) is 3.55. The second-order valence-corrected chi connectivity index (χ2v) is 9.25. The Balaban J connectivity index is 1.47. The van der Waals surface area contributed by atoms with Gasteiger partial charge in [0.15, 0.2) is 0 Å². The fourth-order valence-electron chi connectivity index (χ4n) is 3.29. The number of hydrogen-bond donors (Lipinski definition) is 4. The maximum atomic E-state index is 12.5. The number of ether oxygens (including phenoxy) is 1. The number of halogens is 3. The molecule has 0 saturated carbocycles. The summed E-state index contributed by atoms with van der Waals surface area (Å²) < 4.78 is 68.1. The number of nitrogens with two attached hydrogens (primary N) is 1. The molecule has 0 aliphatic carbocycles. The lowest BCUT2D eigenvalue weighted by Gasteiger charge is -2.11. The van der Waals surface area contributed by atoms with E-state index in [4.69, 9.17) is 5.73 Å². The summed E-state index contributed by atoms with van der Waals surface area (Å²) in [6.45, 7) is 0. The van der Waals surface area contributed by atoms with Gasteiger partial charge in [0.2, 0.25) is 10.0 Å². The molecule has 37 heavy (non-hydrogen) atoms. The number of rotatable bonds is 9. The highest BCUT2D eigenvalue weighted by molar-refractivity contribution is 7.91. The van der Waals surface area contributed by atoms with Crippen LogP contribution < -0.4 is 20.5 Å². The number of alkyl halides is 3. The number of amides is 1. The van der Waals surface area contributed by atoms with Crippen LogP contribution in [0.5, 0.6) is 5.75 Å². The molecular formula is C22H18F3N7O4S. The van der Waals surface area contributed by atoms with Gasteiger partial charge >= 0.3 is 6.36 Å². The van der Waals surface area contributed by atoms with Crippen LogP contribution in [-0.4, -0.2) is 40.9 Å². The first kappa shape index (κ1) is 25.4. The quantitative estimate of drug-likeness (QED) is 0.254. The summed E-state index contributed by atoms with van der Waals surface area (Å²) in [4.78, 5) is 20.1. The van der Waals surface area contributed by atoms with Crippen molar-refractivity contribution in [1.82, 2.24) is 20.2 Å². The lowest BCUT2D eigenvalue weighted by Crippen LogP contribution is -2.17. The second kappa shape index (κ2) is 10.1. The van der Waals surface area contributed by atoms with Gasteiger partial charge in [-0.3, -0.25) is 19.6 Å². The fraction of sp³-hybridized carbons (Fsp3) is 0.0909. The van der Waals surface area contributed by atoms with Crippen molar-refractivity contribution in [2.45, 2.75) is 12.1 Å². The van der Waals surface area contributed by atoms with Crippen LogP contribution in [0.4, 0.5) is 30.5 Å². The molecule has 0 aliphatic rings. The van der Waals surface area contributed by atoms with E-state index in [9.17, 15) is 26.4 Å². The zero-order chi connectivity index (χ0) is 26.6. The Morgan fingerprint density at radius 1 is 1.05 bits per heavy atom. The summed E-state index contributed by atoms with van der Waals surface area (Å²) in [5.74, 6) is -1.14. The molecule has 4 aromatic rings. The molecule has 0 spiro atoms. The number of benzene rings is 2. The Morgan fingerprint density at radius 3 is 2.35 bits per heavy atom. The Labute approximate surface area is 208 Å². The van der Waals surface area contributed by atoms with Gasteiger partial charge in [-0.15, -0.1) is 13.2 Å². The summed E-state index contributed by atoms with van der Waals surface area (Å²) >= 11 is 0. The fourth-order valence-corrected chi connectivity index (χ4v) is 4.49. The minimum Gasteiger partial charge on any atom is -0.406 e. The molecule has 0 radical (unpaired) electrons. The van der Waals surface area contributed by atoms with Crippen LogP contribution in [0.25, 0.3) is 11.3 Å². The predicted molar refractivity (Wildman–Crippen MR) is 127 cm³/mol. The summed E-state index contributed by atoms with van der Waals surface area (Å²) in [7, 11) is -3.90. The number of carbonyl (C=O) groups excluding carboxylic acids is 1. The number of aromatic amines is 1. The van der Waals surface area contributed by atoms with Gasteiger partial charge in [0.25, 0.3) is 5.91 Å². The highest BCUT2D eigenvalue weighted by Crippen LogP contribution is 2.29. The average Bonchev–Trinajstić information content (AvgIpc) is 3.24. The van der Waals surface area contributed by atoms with Crippen LogP contribution in [-0.2, 0) is 15.8 Å². The number of nitrogens with zero attached hydrogens (tertiary/aromatic N) is 3. The number of aromatic nitrogens is 4. The molecule has 2 aromatic heterocycles. The first-order valence-electron chi connectivity index (χ1n) is 10.4. The van der Waals surface area contributed by atoms with Gasteiger partial charge in [0.05, 0.1) is 11.9 Å². The number of anilines is 3. The maximum Gasteiger partial charge on any atom is 0.573 e. The molecular weight excluding hydrogens is 515 g/mol. The molecule has 4 rings (SSSR count). The Kier molecular flexibility index (Phi) is 6.97. The third-order valence-electron chi connectivity index (χ3n) is 4.77. The van der Waals surface area contributed by atoms with E-state index in [2.05, 4.69) is 34.9 Å². The number of H-pyrrole nitrogens is 1. The van der Waals surface area contributed by atoms with Crippen molar-refractivity contribution in [3.05, 3.63) is 78.2 Å². The largest absolute Gasteiger partial charge is 0.573 e. The molecule has 1 amide bonds. The van der Waals surface area contributed by atoms with Gasteiger partial charge in [0, 0.05) is 23.6 Å². The van der Waals surface area contributed by atoms with Gasteiger partial charge in [0.1, 0.15) is 28.6 Å². The minimum absolute atomic E-state index is 0.0666. The molecule has 0 atom stereocenters. The maximum absolute atomic E-state index is 12.5. The average molecular weight is 533 g/mol. The highest BCUT2D eigenvalue weighted by Gasteiger charge is 2.31. The summed E-state index contributed by atoms with van der Waals surface area (Å²) in [6.07, 6.45) is -0.459. The standard InChI is InChI=1S/C22H18F3N7O4S/c23-22(24,25)36-16-7-1-13(2-8-16)12-37(34,35)32-15-5-3-14(4-6-15)19-18(20(26)33)21(31-30-19)29-17-11-27-9-10-28-17/h1-11,32H,12H2,(H2,26,33)(H2,28,29,30,31). The lowest BCUT2D eigenvalue weighted by molar-refractivity contribution is -0.274. The van der Waals surface area contributed by atoms with Gasteiger partial charge in [-0.05, 0) is 29.8 Å². The molecule has 0 saturated heterocycles. The molecule has 15 heteroatoms. The molecule has 0 fully saturated rings. The third-order valence-corrected chi connectivity index (χ3v) is 6.03. The van der Waals surface area contributed by atoms with Crippen molar-refractivity contribution in [2.75, 3.05) is 10.0 Å². The molecule has 0 unspecified atom stereocenters. The van der Waals surface area contributed by atoms with Crippen molar-refractivity contribution in [2.24, 2.45) is 5.73 Å². The van der Waals surface area contributed by atoms with E-state index >= 15 is 0 Å². The number of carbonyl (C=O) groups is 1. The lowest BCUT2D eigenvalue weighted by atomic mass is 10.1. The van der Waals surface area contributed by atoms with Crippen LogP contribution in [0, 0.1) is 0 Å². The van der Waals surface area contributed by atoms with Crippen LogP contribution in [0.3, 0.4) is 0 Å². The monoisotopic (exact) mass is 533 g/mol. The van der Waals surface area contributed by atoms with E-state index in [1.54, 1.807) is 0 Å². The van der Waals surface area contributed by atoms with Gasteiger partial charge in [-0.2, -0.15) is 5.10 Å². The van der Waals surface area contributed by atoms with Crippen LogP contribution in [0.1, 0.15) is 15.9 Å². The van der Waals surface area contributed by atoms with Gasteiger partial charge in [-0.25, -0.2) is 13.4 Å². The van der Waals surface area contributed by atoms with E-state index < -0.39 is 33.8 Å². The molecule has 0 bridgehead atoms. The van der Waals surface area contributed by atoms with Crippen LogP contribution >= 0.6 is 0 Å². The number of sulfonamides is 1. The van der Waals surface area contributed by atoms with E-state index in [-0.39, 0.29) is 28.3 Å². The number of primary amides is 1. The van der Waals surface area contributed by atoms with Crippen molar-refractivity contribution in [3.8, 4) is 17.0 Å². The first-order chi connectivity index (χ1) is 17.5. The smallest absolute Gasteiger partial charge is 0.406 e. The zero-order valence-corrected chi connectivity index (χ0v) is 19.5. The van der Waals surface area contributed by atoms with Crippen molar-refractivity contribution < 1.29 is 31.1 Å². The van der Waals surface area contributed by atoms with Crippen molar-refractivity contribution in [3.63, 3.8) is 0 Å². The highest BCUT2D eigenvalue weighted by atomic mass is 32.2. The molecule has 192 valence electrons. The van der Waals surface area contributed by atoms with Crippen LogP contribution in [0.15, 0.2) is 67.1 Å². The van der Waals surface area contributed by atoms with Gasteiger partial charge in [-0.1, -0.05) is 24.3 Å². The molecule has 11 nitrogen and oxygen atoms in total. The Hall–Kier alpha value is -4.66. The van der Waals surface area contributed by atoms with Crippen molar-refractivity contribution in [1.29, 1.82) is 0 Å². The molecule has 0 aliphatic heterocycles. The topological polar surface area (TPSA) is 165 Å². The van der Waals surface area contributed by atoms with Crippen molar-refractivity contribution >= 4 is 33.3 Å². The normalized spacial score (nSPS) is 11.6. The number of nitrogens with one attached hydrogen (secondary N) is 3. The summed E-state index contributed by atoms with van der Waals surface area (Å²) in [5, 5.41) is 9.70. The van der Waals surface area contributed by atoms with E-state index in [0.717, 1.165) is 12.1 Å². The Morgan fingerprint density at radius 2 is 1.76 bits per heavy atom. The SMILES string of the molecule is NC(=O)c1c(-c2ccc(NS(=O)(=O)Cc3ccc(OC(F)(F)F)cc3)cc2)n[nH]c1Nc1cnccn1. The second-order valence-electron chi connectivity index (χ2n) is 7.53. The van der Waals surface area contributed by atoms with Crippen LogP contribution in [0.2, 0.25) is 0 Å². The zero-order valence-electron chi connectivity index (χ0n) is 18.7. The number of hydrogen-bond acceptors (Lipinski definition) is 8. The third kappa shape index (κ3) is 6.72. The molecule has 2 heterocycles.